The maximum Gasteiger partial charge on any atom is 0.471 e. The van der Waals surface area contributed by atoms with Gasteiger partial charge in [-0.2, -0.15) is 21.8 Å². The van der Waals surface area contributed by atoms with Crippen molar-refractivity contribution in [1.29, 1.82) is 0 Å². The number of nitrogens with one attached hydrogen (secondary N) is 1. The lowest BCUT2D eigenvalue weighted by atomic mass is 10.3. The van der Waals surface area contributed by atoms with Crippen molar-refractivity contribution in [3.05, 3.63) is 0 Å². The zero-order chi connectivity index (χ0) is 11.9. The van der Waals surface area contributed by atoms with E-state index in [2.05, 4.69) is 4.52 Å². The average molecular weight is 247 g/mol. The van der Waals surface area contributed by atoms with Crippen LogP contribution in [0.15, 0.2) is 0 Å². The number of hydrogen-bond acceptors (Lipinski definition) is 4. The molecule has 0 heterocycles. The van der Waals surface area contributed by atoms with Crippen molar-refractivity contribution in [2.24, 2.45) is 0 Å². The Morgan fingerprint density at radius 1 is 1.33 bits per heavy atom. The van der Waals surface area contributed by atoms with Gasteiger partial charge in [-0.15, -0.1) is 0 Å². The standard InChI is InChI=1S/C6H9F3NO4P/c7-6(8,9)5(11)10-3-1-2-4-14-15(12)13/h1-4H2,(H,10,11)/q-2. The van der Waals surface area contributed by atoms with E-state index in [1.54, 1.807) is 5.32 Å². The summed E-state index contributed by atoms with van der Waals surface area (Å²) >= 11 is 0. The molecule has 0 aliphatic carbocycles. The third-order valence-electron chi connectivity index (χ3n) is 1.31. The second-order valence-corrected chi connectivity index (χ2v) is 3.22. The Kier molecular flexibility index (Phi) is 6.75. The molecule has 0 bridgehead atoms. The lowest BCUT2D eigenvalue weighted by molar-refractivity contribution is -0.318. The predicted octanol–water partition coefficient (Wildman–Crippen LogP) is -0.591. The first-order valence-electron chi connectivity index (χ1n) is 3.96. The average Bonchev–Trinajstić information content (AvgIpc) is 2.08. The van der Waals surface area contributed by atoms with Crippen molar-refractivity contribution >= 4 is 14.5 Å². The smallest absolute Gasteiger partial charge is 0.471 e. The minimum atomic E-state index is -4.88. The summed E-state index contributed by atoms with van der Waals surface area (Å²) in [6.07, 6.45) is -4.42. The van der Waals surface area contributed by atoms with Crippen LogP contribution in [0, 0.1) is 0 Å². The molecule has 0 aliphatic rings. The molecule has 0 fully saturated rings. The minimum Gasteiger partial charge on any atom is -0.820 e. The summed E-state index contributed by atoms with van der Waals surface area (Å²) in [5, 5.41) is 1.64. The van der Waals surface area contributed by atoms with E-state index in [0.29, 0.717) is 0 Å². The number of rotatable bonds is 6. The molecule has 9 heteroatoms. The van der Waals surface area contributed by atoms with Gasteiger partial charge in [-0.25, -0.2) is 0 Å². The van der Waals surface area contributed by atoms with Crippen LogP contribution in [0.3, 0.4) is 0 Å². The maximum atomic E-state index is 11.6. The van der Waals surface area contributed by atoms with Crippen molar-refractivity contribution in [3.63, 3.8) is 0 Å². The third-order valence-corrected chi connectivity index (χ3v) is 1.70. The number of hydrogen-bond donors (Lipinski definition) is 1. The number of halogens is 3. The fourth-order valence-electron chi connectivity index (χ4n) is 0.668. The van der Waals surface area contributed by atoms with Gasteiger partial charge < -0.3 is 19.6 Å². The van der Waals surface area contributed by atoms with Gasteiger partial charge in [0.05, 0.1) is 0 Å². The summed E-state index contributed by atoms with van der Waals surface area (Å²) in [5.74, 6) is -2.00. The monoisotopic (exact) mass is 247 g/mol. The van der Waals surface area contributed by atoms with Gasteiger partial charge in [-0.1, -0.05) is 0 Å². The highest BCUT2D eigenvalue weighted by Gasteiger charge is 2.38. The molecule has 0 aromatic heterocycles. The summed E-state index contributed by atoms with van der Waals surface area (Å²) in [4.78, 5) is 30.0. The second kappa shape index (κ2) is 6.95. The summed E-state index contributed by atoms with van der Waals surface area (Å²) in [6.45, 7) is -0.266. The largest absolute Gasteiger partial charge is 0.820 e. The Bertz CT molecular complexity index is 199. The first kappa shape index (κ1) is 14.6. The SMILES string of the molecule is O=C(NCCCCOP([O-])[O-])C(F)(F)F. The van der Waals surface area contributed by atoms with E-state index in [1.807, 2.05) is 0 Å². The second-order valence-electron chi connectivity index (χ2n) is 2.52. The topological polar surface area (TPSA) is 84.5 Å². The molecule has 0 atom stereocenters. The third kappa shape index (κ3) is 8.56. The lowest BCUT2D eigenvalue weighted by Crippen LogP contribution is -2.37. The Morgan fingerprint density at radius 2 is 1.93 bits per heavy atom. The van der Waals surface area contributed by atoms with Crippen LogP contribution in [-0.2, 0) is 9.32 Å². The maximum absolute atomic E-state index is 11.6. The molecule has 0 aromatic carbocycles. The van der Waals surface area contributed by atoms with Gasteiger partial charge in [0.2, 0.25) is 0 Å². The minimum absolute atomic E-state index is 0.0966. The van der Waals surface area contributed by atoms with E-state index < -0.39 is 20.7 Å². The summed E-state index contributed by atoms with van der Waals surface area (Å²) < 4.78 is 39.0. The molecule has 0 saturated heterocycles. The zero-order valence-electron chi connectivity index (χ0n) is 7.54. The van der Waals surface area contributed by atoms with Crippen LogP contribution in [0.5, 0.6) is 0 Å². The summed E-state index contributed by atoms with van der Waals surface area (Å²) in [5.41, 5.74) is 0. The molecule has 90 valence electrons. The Hall–Kier alpha value is -0.430. The molecular weight excluding hydrogens is 238 g/mol. The number of carbonyl (C=O) groups is 1. The van der Waals surface area contributed by atoms with Gasteiger partial charge in [-0.3, -0.25) is 4.79 Å². The van der Waals surface area contributed by atoms with Crippen LogP contribution in [0.4, 0.5) is 13.2 Å². The van der Waals surface area contributed by atoms with Gasteiger partial charge in [-0.05, 0) is 12.8 Å². The Labute approximate surface area is 85.2 Å². The van der Waals surface area contributed by atoms with Crippen LogP contribution in [-0.4, -0.2) is 25.2 Å². The molecule has 0 radical (unpaired) electrons. The number of amides is 1. The van der Waals surface area contributed by atoms with Crippen LogP contribution in [0.25, 0.3) is 0 Å². The van der Waals surface area contributed by atoms with Crippen LogP contribution >= 0.6 is 8.60 Å². The zero-order valence-corrected chi connectivity index (χ0v) is 8.44. The molecule has 0 aliphatic heterocycles. The summed E-state index contributed by atoms with van der Waals surface area (Å²) in [7, 11) is -2.92. The van der Waals surface area contributed by atoms with Gasteiger partial charge in [0.1, 0.15) is 0 Å². The molecular formula is C6H9F3NO4P-2. The van der Waals surface area contributed by atoms with E-state index >= 15 is 0 Å². The number of unbranched alkanes of at least 4 members (excludes halogenated alkanes) is 1. The molecule has 15 heavy (non-hydrogen) atoms. The number of alkyl halides is 3. The molecule has 1 N–H and O–H groups in total. The van der Waals surface area contributed by atoms with E-state index in [-0.39, 0.29) is 26.0 Å². The van der Waals surface area contributed by atoms with Crippen LogP contribution < -0.4 is 15.1 Å². The molecule has 0 unspecified atom stereocenters. The molecule has 0 rings (SSSR count). The molecule has 0 spiro atoms. The Balaban J connectivity index is 3.36. The van der Waals surface area contributed by atoms with E-state index in [4.69, 9.17) is 0 Å². The van der Waals surface area contributed by atoms with Crippen molar-refractivity contribution in [1.82, 2.24) is 5.32 Å². The highest BCUT2D eigenvalue weighted by atomic mass is 31.2. The number of carbonyl (C=O) groups excluding carboxylic acids is 1. The lowest BCUT2D eigenvalue weighted by Gasteiger charge is -2.28. The highest BCUT2D eigenvalue weighted by molar-refractivity contribution is 7.36. The normalized spacial score (nSPS) is 11.9. The molecule has 5 nitrogen and oxygen atoms in total. The fraction of sp³-hybridized carbons (Fsp3) is 0.833. The van der Waals surface area contributed by atoms with Crippen LogP contribution in [0.2, 0.25) is 0 Å². The first-order valence-corrected chi connectivity index (χ1v) is 5.06. The molecule has 0 saturated carbocycles. The van der Waals surface area contributed by atoms with Crippen LogP contribution in [0.1, 0.15) is 12.8 Å². The van der Waals surface area contributed by atoms with Gasteiger partial charge >= 0.3 is 12.1 Å². The summed E-state index contributed by atoms with van der Waals surface area (Å²) in [6, 6.07) is 0. The van der Waals surface area contributed by atoms with Gasteiger partial charge in [0, 0.05) is 13.2 Å². The van der Waals surface area contributed by atoms with Crippen molar-refractivity contribution < 1.29 is 32.3 Å². The van der Waals surface area contributed by atoms with E-state index in [1.165, 1.54) is 0 Å². The van der Waals surface area contributed by atoms with E-state index in [0.717, 1.165) is 0 Å². The first-order chi connectivity index (χ1) is 6.84. The molecule has 1 amide bonds. The highest BCUT2D eigenvalue weighted by Crippen LogP contribution is 2.14. The predicted molar refractivity (Wildman–Crippen MR) is 41.2 cm³/mol. The van der Waals surface area contributed by atoms with Crippen molar-refractivity contribution in [3.8, 4) is 0 Å². The van der Waals surface area contributed by atoms with Gasteiger partial charge in [0.15, 0.2) is 0 Å². The van der Waals surface area contributed by atoms with Gasteiger partial charge in [0.25, 0.3) is 0 Å². The quantitative estimate of drug-likeness (QED) is 0.502. The van der Waals surface area contributed by atoms with Crippen molar-refractivity contribution in [2.75, 3.05) is 13.2 Å². The Morgan fingerprint density at radius 3 is 2.40 bits per heavy atom. The fourth-order valence-corrected chi connectivity index (χ4v) is 0.946. The van der Waals surface area contributed by atoms with Crippen molar-refractivity contribution in [2.45, 2.75) is 19.0 Å². The van der Waals surface area contributed by atoms with E-state index in [9.17, 15) is 27.8 Å². The molecule has 0 aromatic rings.